The number of hydrogen-bond donors (Lipinski definition) is 1. The minimum absolute atomic E-state index is 0.252. The number of aromatic nitrogens is 1. The third-order valence-electron chi connectivity index (χ3n) is 2.77. The maximum Gasteiger partial charge on any atom is 0.0794 e. The van der Waals surface area contributed by atoms with Gasteiger partial charge in [0.15, 0.2) is 0 Å². The summed E-state index contributed by atoms with van der Waals surface area (Å²) in [7, 11) is 0. The summed E-state index contributed by atoms with van der Waals surface area (Å²) in [6.07, 6.45) is 4.14. The molecule has 0 atom stereocenters. The van der Waals surface area contributed by atoms with Crippen molar-refractivity contribution >= 4 is 11.3 Å². The first-order valence-electron chi connectivity index (χ1n) is 4.99. The van der Waals surface area contributed by atoms with Gasteiger partial charge in [-0.3, -0.25) is 4.98 Å². The Labute approximate surface area is 88.5 Å². The summed E-state index contributed by atoms with van der Waals surface area (Å²) >= 11 is 1.71. The lowest BCUT2D eigenvalue weighted by molar-refractivity contribution is 0.0447. The van der Waals surface area contributed by atoms with Crippen LogP contribution in [0.5, 0.6) is 0 Å². The number of nitrogens with zero attached hydrogens (tertiary/aromatic N) is 1. The highest BCUT2D eigenvalue weighted by Gasteiger charge is 2.26. The summed E-state index contributed by atoms with van der Waals surface area (Å²) in [5, 5.41) is 3.59. The molecule has 1 aliphatic rings. The smallest absolute Gasteiger partial charge is 0.0794 e. The van der Waals surface area contributed by atoms with Crippen LogP contribution < -0.4 is 5.32 Å². The second kappa shape index (κ2) is 4.38. The van der Waals surface area contributed by atoms with E-state index in [1.54, 1.807) is 11.3 Å². The largest absolute Gasteiger partial charge is 0.381 e. The van der Waals surface area contributed by atoms with Crippen molar-refractivity contribution in [3.8, 4) is 0 Å². The van der Waals surface area contributed by atoms with Gasteiger partial charge in [0, 0.05) is 36.4 Å². The van der Waals surface area contributed by atoms with Gasteiger partial charge in [-0.05, 0) is 19.8 Å². The Hall–Kier alpha value is -0.450. The third-order valence-corrected chi connectivity index (χ3v) is 3.55. The lowest BCUT2D eigenvalue weighted by Crippen LogP contribution is -2.46. The molecule has 1 N–H and O–H groups in total. The molecule has 0 saturated carbocycles. The predicted molar refractivity (Wildman–Crippen MR) is 57.4 cm³/mol. The van der Waals surface area contributed by atoms with Gasteiger partial charge in [0.25, 0.3) is 0 Å². The molecule has 0 amide bonds. The molecule has 1 aromatic rings. The van der Waals surface area contributed by atoms with Crippen molar-refractivity contribution in [3.05, 3.63) is 16.6 Å². The van der Waals surface area contributed by atoms with E-state index in [2.05, 4.69) is 17.2 Å². The lowest BCUT2D eigenvalue weighted by atomic mass is 9.92. The second-order valence-corrected chi connectivity index (χ2v) is 4.97. The van der Waals surface area contributed by atoms with Gasteiger partial charge in [-0.25, -0.2) is 0 Å². The van der Waals surface area contributed by atoms with Crippen molar-refractivity contribution in [1.82, 2.24) is 10.3 Å². The Kier molecular flexibility index (Phi) is 3.15. The zero-order valence-corrected chi connectivity index (χ0v) is 9.27. The third kappa shape index (κ3) is 2.53. The highest BCUT2D eigenvalue weighted by Crippen LogP contribution is 2.20. The van der Waals surface area contributed by atoms with Crippen molar-refractivity contribution in [2.45, 2.75) is 31.8 Å². The molecule has 1 aliphatic heterocycles. The molecule has 2 heterocycles. The first-order chi connectivity index (χ1) is 6.79. The molecule has 4 heteroatoms. The lowest BCUT2D eigenvalue weighted by Gasteiger charge is -2.34. The van der Waals surface area contributed by atoms with Gasteiger partial charge < -0.3 is 10.1 Å². The Morgan fingerprint density at radius 3 is 3.00 bits per heavy atom. The van der Waals surface area contributed by atoms with Crippen LogP contribution in [-0.2, 0) is 11.3 Å². The Morgan fingerprint density at radius 2 is 2.36 bits per heavy atom. The van der Waals surface area contributed by atoms with Gasteiger partial charge in [0.1, 0.15) is 0 Å². The highest BCUT2D eigenvalue weighted by atomic mass is 32.1. The van der Waals surface area contributed by atoms with Gasteiger partial charge in [0.05, 0.1) is 5.51 Å². The van der Waals surface area contributed by atoms with E-state index in [-0.39, 0.29) is 5.54 Å². The predicted octanol–water partition coefficient (Wildman–Crippen LogP) is 1.80. The van der Waals surface area contributed by atoms with Crippen LogP contribution in [0.4, 0.5) is 0 Å². The summed E-state index contributed by atoms with van der Waals surface area (Å²) in [5.41, 5.74) is 2.13. The van der Waals surface area contributed by atoms with Gasteiger partial charge in [-0.15, -0.1) is 11.3 Å². The molecular weight excluding hydrogens is 196 g/mol. The quantitative estimate of drug-likeness (QED) is 0.829. The summed E-state index contributed by atoms with van der Waals surface area (Å²) < 4.78 is 5.35. The fourth-order valence-electron chi connectivity index (χ4n) is 1.63. The topological polar surface area (TPSA) is 34.2 Å². The molecule has 0 radical (unpaired) electrons. The molecule has 3 nitrogen and oxygen atoms in total. The van der Waals surface area contributed by atoms with Crippen LogP contribution in [-0.4, -0.2) is 23.7 Å². The maximum absolute atomic E-state index is 5.35. The molecule has 14 heavy (non-hydrogen) atoms. The summed E-state index contributed by atoms with van der Waals surface area (Å²) in [6.45, 7) is 4.97. The number of thiazole rings is 1. The Bertz CT molecular complexity index is 268. The Morgan fingerprint density at radius 1 is 1.57 bits per heavy atom. The van der Waals surface area contributed by atoms with E-state index in [0.29, 0.717) is 0 Å². The molecule has 0 aliphatic carbocycles. The molecule has 0 bridgehead atoms. The van der Waals surface area contributed by atoms with Crippen LogP contribution in [0.3, 0.4) is 0 Å². The molecule has 0 unspecified atom stereocenters. The van der Waals surface area contributed by atoms with E-state index >= 15 is 0 Å². The van der Waals surface area contributed by atoms with Crippen molar-refractivity contribution in [2.24, 2.45) is 0 Å². The van der Waals surface area contributed by atoms with Gasteiger partial charge in [-0.2, -0.15) is 0 Å². The van der Waals surface area contributed by atoms with Gasteiger partial charge in [-0.1, -0.05) is 0 Å². The molecule has 1 saturated heterocycles. The first kappa shape index (κ1) is 10.1. The molecule has 1 fully saturated rings. The number of rotatable bonds is 3. The van der Waals surface area contributed by atoms with Crippen LogP contribution in [0.2, 0.25) is 0 Å². The monoisotopic (exact) mass is 212 g/mol. The minimum Gasteiger partial charge on any atom is -0.381 e. The Balaban J connectivity index is 1.84. The zero-order chi connectivity index (χ0) is 9.86. The zero-order valence-electron chi connectivity index (χ0n) is 8.45. The van der Waals surface area contributed by atoms with E-state index in [1.807, 2.05) is 11.7 Å². The van der Waals surface area contributed by atoms with E-state index in [1.165, 1.54) is 4.88 Å². The average Bonchev–Trinajstić information content (AvgIpc) is 2.69. The average molecular weight is 212 g/mol. The fourth-order valence-corrected chi connectivity index (χ4v) is 2.16. The number of ether oxygens (including phenoxy) is 1. The minimum atomic E-state index is 0.252. The standard InChI is InChI=1S/C10H16N2OS/c1-10(2-4-13-5-3-10)12-7-9-6-11-8-14-9/h6,8,12H,2-5,7H2,1H3. The number of nitrogens with one attached hydrogen (secondary N) is 1. The molecule has 0 aromatic carbocycles. The van der Waals surface area contributed by atoms with E-state index in [4.69, 9.17) is 4.74 Å². The van der Waals surface area contributed by atoms with Crippen LogP contribution >= 0.6 is 11.3 Å². The van der Waals surface area contributed by atoms with Crippen LogP contribution in [0.1, 0.15) is 24.6 Å². The normalized spacial score (nSPS) is 20.9. The maximum atomic E-state index is 5.35. The van der Waals surface area contributed by atoms with E-state index < -0.39 is 0 Å². The van der Waals surface area contributed by atoms with Crippen LogP contribution in [0, 0.1) is 0 Å². The van der Waals surface area contributed by atoms with Crippen molar-refractivity contribution < 1.29 is 4.74 Å². The first-order valence-corrected chi connectivity index (χ1v) is 5.87. The molecule has 0 spiro atoms. The van der Waals surface area contributed by atoms with E-state index in [9.17, 15) is 0 Å². The van der Waals surface area contributed by atoms with E-state index in [0.717, 1.165) is 32.6 Å². The fraction of sp³-hybridized carbons (Fsp3) is 0.700. The summed E-state index contributed by atoms with van der Waals surface area (Å²) in [5.74, 6) is 0. The molecule has 1 aromatic heterocycles. The van der Waals surface area contributed by atoms with Crippen molar-refractivity contribution in [3.63, 3.8) is 0 Å². The highest BCUT2D eigenvalue weighted by molar-refractivity contribution is 7.09. The van der Waals surface area contributed by atoms with Gasteiger partial charge in [0.2, 0.25) is 0 Å². The summed E-state index contributed by atoms with van der Waals surface area (Å²) in [4.78, 5) is 5.37. The second-order valence-electron chi connectivity index (χ2n) is 3.99. The molecule has 2 rings (SSSR count). The van der Waals surface area contributed by atoms with Gasteiger partial charge >= 0.3 is 0 Å². The molecule has 78 valence electrons. The SMILES string of the molecule is CC1(NCc2cncs2)CCOCC1. The van der Waals surface area contributed by atoms with Crippen LogP contribution in [0.15, 0.2) is 11.7 Å². The van der Waals surface area contributed by atoms with Crippen LogP contribution in [0.25, 0.3) is 0 Å². The van der Waals surface area contributed by atoms with Crippen molar-refractivity contribution in [1.29, 1.82) is 0 Å². The number of hydrogen-bond acceptors (Lipinski definition) is 4. The molecular formula is C10H16N2OS. The van der Waals surface area contributed by atoms with Crippen molar-refractivity contribution in [2.75, 3.05) is 13.2 Å². The summed E-state index contributed by atoms with van der Waals surface area (Å²) in [6, 6.07) is 0.